The van der Waals surface area contributed by atoms with Gasteiger partial charge in [-0.2, -0.15) is 0 Å². The molecule has 0 aliphatic carbocycles. The van der Waals surface area contributed by atoms with Crippen LogP contribution < -0.4 is 5.73 Å². The summed E-state index contributed by atoms with van der Waals surface area (Å²) in [7, 11) is 0. The Labute approximate surface area is 98.9 Å². The van der Waals surface area contributed by atoms with Crippen molar-refractivity contribution in [3.05, 3.63) is 59.2 Å². The van der Waals surface area contributed by atoms with Crippen molar-refractivity contribution in [3.63, 3.8) is 0 Å². The minimum Gasteiger partial charge on any atom is -0.326 e. The number of nitrogens with two attached hydrogens (primary N) is 1. The van der Waals surface area contributed by atoms with Crippen molar-refractivity contribution < 1.29 is 8.78 Å². The minimum atomic E-state index is -0.373. The van der Waals surface area contributed by atoms with E-state index in [2.05, 4.69) is 0 Å². The van der Waals surface area contributed by atoms with Gasteiger partial charge in [0.25, 0.3) is 0 Å². The normalized spacial score (nSPS) is 10.6. The second-order valence-electron chi connectivity index (χ2n) is 3.98. The Morgan fingerprint density at radius 2 is 1.76 bits per heavy atom. The van der Waals surface area contributed by atoms with Crippen LogP contribution in [0.5, 0.6) is 0 Å². The summed E-state index contributed by atoms with van der Waals surface area (Å²) < 4.78 is 27.0. The Balaban J connectivity index is 2.56. The van der Waals surface area contributed by atoms with Gasteiger partial charge in [0.1, 0.15) is 11.6 Å². The van der Waals surface area contributed by atoms with Crippen LogP contribution in [0.25, 0.3) is 11.1 Å². The van der Waals surface area contributed by atoms with Crippen molar-refractivity contribution in [1.82, 2.24) is 0 Å². The first-order chi connectivity index (χ1) is 8.11. The van der Waals surface area contributed by atoms with E-state index in [9.17, 15) is 8.78 Å². The third kappa shape index (κ3) is 2.34. The standard InChI is InChI=1S/C14H13F2N/c1-9-2-4-11(15)7-13(9)12-5-3-10(8-17)6-14(12)16/h2-7H,8,17H2,1H3. The molecule has 2 rings (SSSR count). The second kappa shape index (κ2) is 4.63. The number of hydrogen-bond acceptors (Lipinski definition) is 1. The number of rotatable bonds is 2. The summed E-state index contributed by atoms with van der Waals surface area (Å²) in [6, 6.07) is 9.13. The van der Waals surface area contributed by atoms with E-state index < -0.39 is 0 Å². The molecular formula is C14H13F2N. The zero-order valence-corrected chi connectivity index (χ0v) is 9.50. The molecule has 2 aromatic carbocycles. The molecular weight excluding hydrogens is 220 g/mol. The van der Waals surface area contributed by atoms with E-state index in [1.807, 2.05) is 6.92 Å². The Morgan fingerprint density at radius 3 is 2.41 bits per heavy atom. The second-order valence-corrected chi connectivity index (χ2v) is 3.98. The minimum absolute atomic E-state index is 0.291. The van der Waals surface area contributed by atoms with Gasteiger partial charge in [-0.3, -0.25) is 0 Å². The lowest BCUT2D eigenvalue weighted by molar-refractivity contribution is 0.623. The van der Waals surface area contributed by atoms with Crippen molar-refractivity contribution in [2.45, 2.75) is 13.5 Å². The van der Waals surface area contributed by atoms with Gasteiger partial charge in [0, 0.05) is 12.1 Å². The average molecular weight is 233 g/mol. The maximum absolute atomic E-state index is 13.9. The predicted octanol–water partition coefficient (Wildman–Crippen LogP) is 3.40. The number of benzene rings is 2. The molecule has 0 aromatic heterocycles. The number of aryl methyl sites for hydroxylation is 1. The van der Waals surface area contributed by atoms with E-state index in [1.165, 1.54) is 18.2 Å². The zero-order chi connectivity index (χ0) is 12.4. The van der Waals surface area contributed by atoms with Crippen LogP contribution in [0.4, 0.5) is 8.78 Å². The Hall–Kier alpha value is -1.74. The molecule has 1 nitrogen and oxygen atoms in total. The van der Waals surface area contributed by atoms with Crippen LogP contribution in [0.3, 0.4) is 0 Å². The molecule has 0 saturated carbocycles. The summed E-state index contributed by atoms with van der Waals surface area (Å²) in [6.45, 7) is 2.12. The first-order valence-electron chi connectivity index (χ1n) is 5.37. The summed E-state index contributed by atoms with van der Waals surface area (Å²) in [5.41, 5.74) is 7.97. The van der Waals surface area contributed by atoms with Gasteiger partial charge in [0.2, 0.25) is 0 Å². The van der Waals surface area contributed by atoms with Gasteiger partial charge in [-0.25, -0.2) is 8.78 Å². The topological polar surface area (TPSA) is 26.0 Å². The number of hydrogen-bond donors (Lipinski definition) is 1. The van der Waals surface area contributed by atoms with E-state index in [0.29, 0.717) is 17.7 Å². The third-order valence-electron chi connectivity index (χ3n) is 2.76. The van der Waals surface area contributed by atoms with E-state index in [-0.39, 0.29) is 11.6 Å². The molecule has 0 radical (unpaired) electrons. The fraction of sp³-hybridized carbons (Fsp3) is 0.143. The smallest absolute Gasteiger partial charge is 0.131 e. The van der Waals surface area contributed by atoms with Gasteiger partial charge >= 0.3 is 0 Å². The van der Waals surface area contributed by atoms with Crippen molar-refractivity contribution in [2.75, 3.05) is 0 Å². The molecule has 3 heteroatoms. The van der Waals surface area contributed by atoms with Gasteiger partial charge in [0.05, 0.1) is 0 Å². The van der Waals surface area contributed by atoms with Crippen LogP contribution in [-0.2, 0) is 6.54 Å². The molecule has 2 N–H and O–H groups in total. The molecule has 0 amide bonds. The van der Waals surface area contributed by atoms with Gasteiger partial charge in [-0.05, 0) is 41.8 Å². The highest BCUT2D eigenvalue weighted by molar-refractivity contribution is 5.68. The summed E-state index contributed by atoms with van der Waals surface area (Å²) in [5.74, 6) is -0.741. The molecule has 17 heavy (non-hydrogen) atoms. The quantitative estimate of drug-likeness (QED) is 0.845. The van der Waals surface area contributed by atoms with Gasteiger partial charge in [-0.15, -0.1) is 0 Å². The fourth-order valence-electron chi connectivity index (χ4n) is 1.79. The van der Waals surface area contributed by atoms with Crippen LogP contribution in [-0.4, -0.2) is 0 Å². The molecule has 0 heterocycles. The SMILES string of the molecule is Cc1ccc(F)cc1-c1ccc(CN)cc1F. The summed E-state index contributed by atoms with van der Waals surface area (Å²) in [5, 5.41) is 0. The molecule has 0 bridgehead atoms. The summed E-state index contributed by atoms with van der Waals surface area (Å²) in [4.78, 5) is 0. The Bertz CT molecular complexity index is 550. The molecule has 0 aliphatic rings. The van der Waals surface area contributed by atoms with Gasteiger partial charge < -0.3 is 5.73 Å². The lowest BCUT2D eigenvalue weighted by Gasteiger charge is -2.08. The zero-order valence-electron chi connectivity index (χ0n) is 9.50. The average Bonchev–Trinajstić information content (AvgIpc) is 2.32. The highest BCUT2D eigenvalue weighted by Crippen LogP contribution is 2.27. The lowest BCUT2D eigenvalue weighted by atomic mass is 9.99. The highest BCUT2D eigenvalue weighted by Gasteiger charge is 2.09. The van der Waals surface area contributed by atoms with Crippen molar-refractivity contribution in [2.24, 2.45) is 5.73 Å². The molecule has 0 atom stereocenters. The maximum atomic E-state index is 13.9. The van der Waals surface area contributed by atoms with Crippen LogP contribution >= 0.6 is 0 Å². The molecule has 0 unspecified atom stereocenters. The highest BCUT2D eigenvalue weighted by atomic mass is 19.1. The van der Waals surface area contributed by atoms with Crippen LogP contribution in [0, 0.1) is 18.6 Å². The third-order valence-corrected chi connectivity index (χ3v) is 2.76. The molecule has 0 saturated heterocycles. The largest absolute Gasteiger partial charge is 0.326 e. The Morgan fingerprint density at radius 1 is 1.00 bits per heavy atom. The van der Waals surface area contributed by atoms with Crippen molar-refractivity contribution in [3.8, 4) is 11.1 Å². The van der Waals surface area contributed by atoms with Crippen molar-refractivity contribution >= 4 is 0 Å². The van der Waals surface area contributed by atoms with E-state index in [0.717, 1.165) is 11.1 Å². The molecule has 88 valence electrons. The van der Waals surface area contributed by atoms with Gasteiger partial charge in [0.15, 0.2) is 0 Å². The van der Waals surface area contributed by atoms with E-state index in [1.54, 1.807) is 18.2 Å². The van der Waals surface area contributed by atoms with Crippen LogP contribution in [0.1, 0.15) is 11.1 Å². The first kappa shape index (κ1) is 11.7. The molecule has 2 aromatic rings. The first-order valence-corrected chi connectivity index (χ1v) is 5.37. The lowest BCUT2D eigenvalue weighted by Crippen LogP contribution is -1.98. The molecule has 0 aliphatic heterocycles. The van der Waals surface area contributed by atoms with Gasteiger partial charge in [-0.1, -0.05) is 18.2 Å². The van der Waals surface area contributed by atoms with Crippen LogP contribution in [0.15, 0.2) is 36.4 Å². The summed E-state index contributed by atoms with van der Waals surface area (Å²) in [6.07, 6.45) is 0. The fourth-order valence-corrected chi connectivity index (χ4v) is 1.79. The maximum Gasteiger partial charge on any atom is 0.131 e. The van der Waals surface area contributed by atoms with E-state index in [4.69, 9.17) is 5.73 Å². The molecule has 0 spiro atoms. The Kier molecular flexibility index (Phi) is 3.20. The molecule has 0 fully saturated rings. The number of halogens is 2. The predicted molar refractivity (Wildman–Crippen MR) is 64.4 cm³/mol. The monoisotopic (exact) mass is 233 g/mol. The van der Waals surface area contributed by atoms with Crippen molar-refractivity contribution in [1.29, 1.82) is 0 Å². The van der Waals surface area contributed by atoms with Crippen LogP contribution in [0.2, 0.25) is 0 Å². The summed E-state index contributed by atoms with van der Waals surface area (Å²) >= 11 is 0. The van der Waals surface area contributed by atoms with E-state index >= 15 is 0 Å².